The van der Waals surface area contributed by atoms with Gasteiger partial charge in [-0.1, -0.05) is 12.1 Å². The van der Waals surface area contributed by atoms with E-state index in [-0.39, 0.29) is 31.0 Å². The van der Waals surface area contributed by atoms with Crippen molar-refractivity contribution in [1.29, 1.82) is 0 Å². The number of rotatable bonds is 6. The van der Waals surface area contributed by atoms with Crippen LogP contribution in [0.25, 0.3) is 0 Å². The van der Waals surface area contributed by atoms with Gasteiger partial charge in [-0.15, -0.1) is 11.3 Å². The lowest BCUT2D eigenvalue weighted by Crippen LogP contribution is -2.31. The van der Waals surface area contributed by atoms with E-state index in [9.17, 15) is 18.0 Å². The number of benzene rings is 2. The van der Waals surface area contributed by atoms with Crippen LogP contribution in [-0.2, 0) is 41.6 Å². The second-order valence-electron chi connectivity index (χ2n) is 9.97. The molecule has 3 aromatic rings. The molecule has 0 fully saturated rings. The first-order chi connectivity index (χ1) is 18.3. The molecule has 6 rings (SSSR count). The van der Waals surface area contributed by atoms with Gasteiger partial charge in [0.1, 0.15) is 17.6 Å². The molecule has 38 heavy (non-hydrogen) atoms. The van der Waals surface area contributed by atoms with Gasteiger partial charge < -0.3 is 14.2 Å². The number of nitrogens with zero attached hydrogens (tertiary/aromatic N) is 2. The van der Waals surface area contributed by atoms with E-state index >= 15 is 0 Å². The van der Waals surface area contributed by atoms with Crippen molar-refractivity contribution in [1.82, 2.24) is 9.88 Å². The molecule has 0 saturated heterocycles. The molecule has 200 valence electrons. The van der Waals surface area contributed by atoms with Crippen molar-refractivity contribution >= 4 is 17.3 Å². The molecule has 0 bridgehead atoms. The SMILES string of the molecule is COC(=O)CC1COc2cc(O[C@@H]3CCc4c3ccc(C(F)(F)F)c4CN3CCc4ncsc4C3)ccc21. The van der Waals surface area contributed by atoms with Crippen molar-refractivity contribution in [2.75, 3.05) is 20.3 Å². The number of carbonyl (C=O) groups excluding carboxylic acids is 1. The van der Waals surface area contributed by atoms with Crippen LogP contribution in [0.15, 0.2) is 35.8 Å². The van der Waals surface area contributed by atoms with Gasteiger partial charge >= 0.3 is 12.1 Å². The summed E-state index contributed by atoms with van der Waals surface area (Å²) >= 11 is 1.56. The minimum Gasteiger partial charge on any atom is -0.492 e. The van der Waals surface area contributed by atoms with Crippen molar-refractivity contribution in [3.63, 3.8) is 0 Å². The first-order valence-electron chi connectivity index (χ1n) is 12.7. The number of ether oxygens (including phenoxy) is 3. The minimum atomic E-state index is -4.42. The van der Waals surface area contributed by atoms with Crippen molar-refractivity contribution in [2.24, 2.45) is 0 Å². The second kappa shape index (κ2) is 9.89. The molecule has 0 saturated carbocycles. The first kappa shape index (κ1) is 25.2. The van der Waals surface area contributed by atoms with Crippen LogP contribution in [0.3, 0.4) is 0 Å². The molecule has 10 heteroatoms. The maximum Gasteiger partial charge on any atom is 0.416 e. The van der Waals surface area contributed by atoms with Crippen molar-refractivity contribution < 1.29 is 32.2 Å². The number of methoxy groups -OCH3 is 1. The fourth-order valence-corrected chi connectivity index (χ4v) is 6.64. The van der Waals surface area contributed by atoms with E-state index in [1.165, 1.54) is 13.2 Å². The third kappa shape index (κ3) is 4.75. The van der Waals surface area contributed by atoms with Crippen LogP contribution in [0.5, 0.6) is 11.5 Å². The molecule has 0 N–H and O–H groups in total. The van der Waals surface area contributed by atoms with Crippen LogP contribution in [0, 0.1) is 0 Å². The highest BCUT2D eigenvalue weighted by Gasteiger charge is 2.38. The van der Waals surface area contributed by atoms with Crippen LogP contribution in [0.2, 0.25) is 0 Å². The zero-order chi connectivity index (χ0) is 26.4. The molecule has 2 aliphatic heterocycles. The number of esters is 1. The Balaban J connectivity index is 1.24. The highest BCUT2D eigenvalue weighted by atomic mass is 32.1. The summed E-state index contributed by atoms with van der Waals surface area (Å²) in [6.45, 7) is 1.94. The van der Waals surface area contributed by atoms with E-state index in [1.807, 2.05) is 12.1 Å². The quantitative estimate of drug-likeness (QED) is 0.364. The number of alkyl halides is 3. The Kier molecular flexibility index (Phi) is 6.55. The van der Waals surface area contributed by atoms with Gasteiger partial charge in [-0.3, -0.25) is 9.69 Å². The predicted molar refractivity (Wildman–Crippen MR) is 134 cm³/mol. The summed E-state index contributed by atoms with van der Waals surface area (Å²) in [5.74, 6) is 0.893. The molecule has 0 spiro atoms. The minimum absolute atomic E-state index is 0.0714. The molecule has 2 aromatic carbocycles. The van der Waals surface area contributed by atoms with Crippen LogP contribution in [-0.4, -0.2) is 36.1 Å². The Bertz CT molecular complexity index is 1370. The van der Waals surface area contributed by atoms with Crippen molar-refractivity contribution in [2.45, 2.75) is 57.0 Å². The Morgan fingerprint density at radius 2 is 2.05 bits per heavy atom. The molecule has 3 aliphatic rings. The molecular weight excluding hydrogens is 517 g/mol. The summed E-state index contributed by atoms with van der Waals surface area (Å²) in [5, 5.41) is 0. The topological polar surface area (TPSA) is 60.9 Å². The van der Waals surface area contributed by atoms with Gasteiger partial charge in [0.05, 0.1) is 36.9 Å². The summed E-state index contributed by atoms with van der Waals surface area (Å²) in [6.07, 6.45) is -2.64. The molecule has 0 radical (unpaired) electrons. The van der Waals surface area contributed by atoms with E-state index in [0.717, 1.165) is 33.7 Å². The van der Waals surface area contributed by atoms with E-state index in [1.54, 1.807) is 29.0 Å². The van der Waals surface area contributed by atoms with Gasteiger partial charge in [-0.25, -0.2) is 4.98 Å². The summed E-state index contributed by atoms with van der Waals surface area (Å²) in [6, 6.07) is 8.31. The number of hydrogen-bond acceptors (Lipinski definition) is 7. The molecule has 1 aliphatic carbocycles. The number of carbonyl (C=O) groups is 1. The van der Waals surface area contributed by atoms with Crippen molar-refractivity contribution in [3.8, 4) is 11.5 Å². The van der Waals surface area contributed by atoms with Crippen LogP contribution < -0.4 is 9.47 Å². The van der Waals surface area contributed by atoms with Gasteiger partial charge in [0.25, 0.3) is 0 Å². The monoisotopic (exact) mass is 544 g/mol. The average Bonchev–Trinajstić information content (AvgIpc) is 3.62. The maximum absolute atomic E-state index is 14.1. The lowest BCUT2D eigenvalue weighted by Gasteiger charge is -2.28. The molecular formula is C28H27F3N2O4S. The van der Waals surface area contributed by atoms with Crippen molar-refractivity contribution in [3.05, 3.63) is 74.2 Å². The molecule has 6 nitrogen and oxygen atoms in total. The Morgan fingerprint density at radius 1 is 1.21 bits per heavy atom. The highest BCUT2D eigenvalue weighted by molar-refractivity contribution is 7.09. The smallest absolute Gasteiger partial charge is 0.416 e. The van der Waals surface area contributed by atoms with E-state index < -0.39 is 11.7 Å². The molecule has 1 aromatic heterocycles. The average molecular weight is 545 g/mol. The number of aromatic nitrogens is 1. The molecule has 0 amide bonds. The summed E-state index contributed by atoms with van der Waals surface area (Å²) in [4.78, 5) is 19.3. The number of hydrogen-bond donors (Lipinski definition) is 0. The van der Waals surface area contributed by atoms with Gasteiger partial charge in [0.15, 0.2) is 0 Å². The Morgan fingerprint density at radius 3 is 2.87 bits per heavy atom. The Labute approximate surface area is 222 Å². The first-order valence-corrected chi connectivity index (χ1v) is 13.5. The summed E-state index contributed by atoms with van der Waals surface area (Å²) in [5.41, 5.74) is 5.15. The van der Waals surface area contributed by atoms with Gasteiger partial charge in [0.2, 0.25) is 0 Å². The van der Waals surface area contributed by atoms with E-state index in [4.69, 9.17) is 14.2 Å². The molecule has 1 unspecified atom stereocenters. The van der Waals surface area contributed by atoms with Gasteiger partial charge in [0, 0.05) is 48.5 Å². The summed E-state index contributed by atoms with van der Waals surface area (Å²) in [7, 11) is 1.36. The van der Waals surface area contributed by atoms with Crippen LogP contribution >= 0.6 is 11.3 Å². The fraction of sp³-hybridized carbons (Fsp3) is 0.429. The van der Waals surface area contributed by atoms with Crippen LogP contribution in [0.1, 0.15) is 63.3 Å². The van der Waals surface area contributed by atoms with Crippen LogP contribution in [0.4, 0.5) is 13.2 Å². The number of fused-ring (bicyclic) bond motifs is 3. The van der Waals surface area contributed by atoms with Gasteiger partial charge in [-0.2, -0.15) is 13.2 Å². The zero-order valence-electron chi connectivity index (χ0n) is 20.8. The van der Waals surface area contributed by atoms with Gasteiger partial charge in [-0.05, 0) is 41.7 Å². The Hall–Kier alpha value is -3.11. The van der Waals surface area contributed by atoms with E-state index in [0.29, 0.717) is 49.6 Å². The molecule has 2 atom stereocenters. The maximum atomic E-state index is 14.1. The third-order valence-electron chi connectivity index (χ3n) is 7.70. The number of halogens is 3. The summed E-state index contributed by atoms with van der Waals surface area (Å²) < 4.78 is 59.1. The predicted octanol–water partition coefficient (Wildman–Crippen LogP) is 5.83. The largest absolute Gasteiger partial charge is 0.492 e. The normalized spacial score (nSPS) is 20.4. The second-order valence-corrected chi connectivity index (χ2v) is 10.9. The van der Waals surface area contributed by atoms with E-state index in [2.05, 4.69) is 9.88 Å². The zero-order valence-corrected chi connectivity index (χ0v) is 21.7. The fourth-order valence-electron chi connectivity index (χ4n) is 5.79. The third-order valence-corrected chi connectivity index (χ3v) is 8.56. The molecule has 3 heterocycles. The lowest BCUT2D eigenvalue weighted by atomic mass is 9.95. The number of thiazole rings is 1. The lowest BCUT2D eigenvalue weighted by molar-refractivity contribution is -0.141. The standard InChI is InChI=1S/C28H27F3N2O4S/c1-35-27(34)10-16-14-36-25-11-17(2-3-18(16)25)37-24-7-5-19-20(24)4-6-22(28(29,30)31)21(19)12-33-9-8-23-26(13-33)38-15-32-23/h2-4,6,11,15-16,24H,5,7-10,12-14H2,1H3/t16?,24-/m1/s1. The highest BCUT2D eigenvalue weighted by Crippen LogP contribution is 2.44.